The summed E-state index contributed by atoms with van der Waals surface area (Å²) in [4.78, 5) is 25.8. The Kier molecular flexibility index (Phi) is 6.40. The molecule has 146 valence electrons. The van der Waals surface area contributed by atoms with Crippen molar-refractivity contribution in [2.75, 3.05) is 5.32 Å². The van der Waals surface area contributed by atoms with Gasteiger partial charge in [0.2, 0.25) is 5.78 Å². The molecule has 28 heavy (non-hydrogen) atoms. The summed E-state index contributed by atoms with van der Waals surface area (Å²) >= 11 is 2.41. The highest BCUT2D eigenvalue weighted by Crippen LogP contribution is 2.30. The van der Waals surface area contributed by atoms with E-state index < -0.39 is 33.7 Å². The highest BCUT2D eigenvalue weighted by atomic mass is 32.2. The molecular formula is C19H18N2O4S3. The maximum atomic E-state index is 12.7. The van der Waals surface area contributed by atoms with Gasteiger partial charge in [0, 0.05) is 16.5 Å². The molecule has 2 N–H and O–H groups in total. The van der Waals surface area contributed by atoms with Gasteiger partial charge in [-0.15, -0.1) is 22.7 Å². The number of benzene rings is 1. The van der Waals surface area contributed by atoms with Gasteiger partial charge >= 0.3 is 0 Å². The number of rotatable bonds is 8. The Hall–Kier alpha value is -2.33. The standard InChI is InChI=1S/C19H18N2O4S3/c1-13(18(22)19(23)20-14-7-3-2-4-8-14)17(15-9-5-11-26-15)21-28(24,25)16-10-6-12-27-16/h2-13,17,21H,1H3,(H,20,23)/t13-,17-/m1/s1. The lowest BCUT2D eigenvalue weighted by Gasteiger charge is -2.22. The molecule has 1 aromatic carbocycles. The van der Waals surface area contributed by atoms with Crippen molar-refractivity contribution in [1.82, 2.24) is 4.72 Å². The van der Waals surface area contributed by atoms with Gasteiger partial charge in [-0.1, -0.05) is 37.3 Å². The average Bonchev–Trinajstić information content (AvgIpc) is 3.40. The van der Waals surface area contributed by atoms with Crippen LogP contribution in [0.4, 0.5) is 5.69 Å². The Morgan fingerprint density at radius 3 is 2.21 bits per heavy atom. The molecule has 3 rings (SSSR count). The molecule has 0 aliphatic rings. The van der Waals surface area contributed by atoms with Gasteiger partial charge in [0.05, 0.1) is 6.04 Å². The van der Waals surface area contributed by atoms with Crippen molar-refractivity contribution in [3.63, 3.8) is 0 Å². The van der Waals surface area contributed by atoms with E-state index in [0.717, 1.165) is 11.3 Å². The molecule has 0 bridgehead atoms. The fourth-order valence-electron chi connectivity index (χ4n) is 2.59. The van der Waals surface area contributed by atoms with Crippen molar-refractivity contribution in [3.8, 4) is 0 Å². The molecular weight excluding hydrogens is 416 g/mol. The van der Waals surface area contributed by atoms with Gasteiger partial charge in [-0.25, -0.2) is 13.1 Å². The first-order valence-electron chi connectivity index (χ1n) is 8.38. The van der Waals surface area contributed by atoms with Crippen LogP contribution in [-0.4, -0.2) is 20.1 Å². The normalized spacial score (nSPS) is 13.6. The van der Waals surface area contributed by atoms with Gasteiger partial charge in [-0.2, -0.15) is 0 Å². The Balaban J connectivity index is 1.82. The molecule has 0 saturated carbocycles. The van der Waals surface area contributed by atoms with E-state index in [2.05, 4.69) is 10.0 Å². The van der Waals surface area contributed by atoms with E-state index >= 15 is 0 Å². The second kappa shape index (κ2) is 8.78. The monoisotopic (exact) mass is 434 g/mol. The first-order valence-corrected chi connectivity index (χ1v) is 11.6. The van der Waals surface area contributed by atoms with Crippen molar-refractivity contribution in [2.24, 2.45) is 5.92 Å². The van der Waals surface area contributed by atoms with Crippen LogP contribution in [0.5, 0.6) is 0 Å². The third kappa shape index (κ3) is 4.74. The fraction of sp³-hybridized carbons (Fsp3) is 0.158. The zero-order valence-electron chi connectivity index (χ0n) is 14.9. The predicted molar refractivity (Wildman–Crippen MR) is 111 cm³/mol. The van der Waals surface area contributed by atoms with Crippen molar-refractivity contribution in [2.45, 2.75) is 17.2 Å². The van der Waals surface area contributed by atoms with Crippen LogP contribution < -0.4 is 10.0 Å². The molecule has 0 unspecified atom stereocenters. The Bertz CT molecular complexity index is 1030. The lowest BCUT2D eigenvalue weighted by Crippen LogP contribution is -2.39. The van der Waals surface area contributed by atoms with E-state index in [1.54, 1.807) is 66.2 Å². The minimum Gasteiger partial charge on any atom is -0.319 e. The number of thiophene rings is 2. The van der Waals surface area contributed by atoms with Gasteiger partial charge in [0.25, 0.3) is 15.9 Å². The second-order valence-corrected chi connectivity index (χ2v) is 9.89. The van der Waals surface area contributed by atoms with Crippen LogP contribution in [0.15, 0.2) is 69.6 Å². The number of ketones is 1. The molecule has 0 spiro atoms. The lowest BCUT2D eigenvalue weighted by atomic mass is 9.96. The molecule has 2 heterocycles. The summed E-state index contributed by atoms with van der Waals surface area (Å²) in [6.07, 6.45) is 0. The van der Waals surface area contributed by atoms with Crippen LogP contribution in [0.1, 0.15) is 17.8 Å². The summed E-state index contributed by atoms with van der Waals surface area (Å²) in [6, 6.07) is 14.4. The number of hydrogen-bond donors (Lipinski definition) is 2. The first-order chi connectivity index (χ1) is 13.4. The largest absolute Gasteiger partial charge is 0.319 e. The number of sulfonamides is 1. The number of carbonyl (C=O) groups is 2. The molecule has 2 aromatic heterocycles. The van der Waals surface area contributed by atoms with E-state index in [0.29, 0.717) is 10.6 Å². The van der Waals surface area contributed by atoms with Crippen molar-refractivity contribution >= 4 is 50.1 Å². The molecule has 9 heteroatoms. The summed E-state index contributed by atoms with van der Waals surface area (Å²) in [5.41, 5.74) is 0.500. The number of amides is 1. The Morgan fingerprint density at radius 1 is 0.929 bits per heavy atom. The van der Waals surface area contributed by atoms with Crippen molar-refractivity contribution in [3.05, 3.63) is 70.2 Å². The number of para-hydroxylation sites is 1. The number of nitrogens with one attached hydrogen (secondary N) is 2. The van der Waals surface area contributed by atoms with Crippen molar-refractivity contribution < 1.29 is 18.0 Å². The summed E-state index contributed by atoms with van der Waals surface area (Å²) < 4.78 is 28.1. The maximum Gasteiger partial charge on any atom is 0.292 e. The Labute approximate surface area is 171 Å². The zero-order valence-corrected chi connectivity index (χ0v) is 17.3. The smallest absolute Gasteiger partial charge is 0.292 e. The number of anilines is 1. The van der Waals surface area contributed by atoms with Gasteiger partial charge in [-0.05, 0) is 35.0 Å². The predicted octanol–water partition coefficient (Wildman–Crippen LogP) is 3.67. The Morgan fingerprint density at radius 2 is 1.61 bits per heavy atom. The molecule has 0 fully saturated rings. The summed E-state index contributed by atoms with van der Waals surface area (Å²) in [5.74, 6) is -2.37. The third-order valence-electron chi connectivity index (χ3n) is 4.06. The lowest BCUT2D eigenvalue weighted by molar-refractivity contribution is -0.137. The minimum absolute atomic E-state index is 0.155. The van der Waals surface area contributed by atoms with E-state index in [-0.39, 0.29) is 4.21 Å². The van der Waals surface area contributed by atoms with Crippen LogP contribution in [-0.2, 0) is 19.6 Å². The highest BCUT2D eigenvalue weighted by Gasteiger charge is 2.34. The molecule has 3 aromatic rings. The molecule has 6 nitrogen and oxygen atoms in total. The van der Waals surface area contributed by atoms with Gasteiger partial charge in [0.15, 0.2) is 0 Å². The van der Waals surface area contributed by atoms with Crippen LogP contribution in [0.2, 0.25) is 0 Å². The van der Waals surface area contributed by atoms with Crippen LogP contribution >= 0.6 is 22.7 Å². The fourth-order valence-corrected chi connectivity index (χ4v) is 5.85. The van der Waals surface area contributed by atoms with Crippen LogP contribution in [0.25, 0.3) is 0 Å². The number of Topliss-reactive ketones (excluding diaryl/α,β-unsaturated/α-hetero) is 1. The summed E-state index contributed by atoms with van der Waals surface area (Å²) in [5, 5.41) is 6.01. The van der Waals surface area contributed by atoms with E-state index in [1.165, 1.54) is 17.4 Å². The quantitative estimate of drug-likeness (QED) is 0.529. The summed E-state index contributed by atoms with van der Waals surface area (Å²) in [6.45, 7) is 1.55. The zero-order chi connectivity index (χ0) is 20.1. The average molecular weight is 435 g/mol. The minimum atomic E-state index is -3.81. The second-order valence-electron chi connectivity index (χ2n) is 6.02. The third-order valence-corrected chi connectivity index (χ3v) is 7.85. The topological polar surface area (TPSA) is 92.3 Å². The number of carbonyl (C=O) groups excluding carboxylic acids is 2. The van der Waals surface area contributed by atoms with Gasteiger partial charge < -0.3 is 5.32 Å². The molecule has 1 amide bonds. The summed E-state index contributed by atoms with van der Waals surface area (Å²) in [7, 11) is -3.81. The molecule has 0 aliphatic carbocycles. The molecule has 0 aliphatic heterocycles. The molecule has 2 atom stereocenters. The number of hydrogen-bond acceptors (Lipinski definition) is 6. The SMILES string of the molecule is C[C@@H](C(=O)C(=O)Nc1ccccc1)[C@@H](NS(=O)(=O)c1cccs1)c1cccs1. The maximum absolute atomic E-state index is 12.7. The molecule has 0 saturated heterocycles. The van der Waals surface area contributed by atoms with Crippen molar-refractivity contribution in [1.29, 1.82) is 0 Å². The first kappa shape index (κ1) is 20.4. The van der Waals surface area contributed by atoms with E-state index in [1.807, 2.05) is 0 Å². The van der Waals surface area contributed by atoms with Gasteiger partial charge in [-0.3, -0.25) is 9.59 Å². The van der Waals surface area contributed by atoms with Crippen LogP contribution in [0.3, 0.4) is 0 Å². The van der Waals surface area contributed by atoms with Gasteiger partial charge in [0.1, 0.15) is 4.21 Å². The highest BCUT2D eigenvalue weighted by molar-refractivity contribution is 7.91. The van der Waals surface area contributed by atoms with Crippen LogP contribution in [0, 0.1) is 5.92 Å². The van der Waals surface area contributed by atoms with E-state index in [9.17, 15) is 18.0 Å². The molecule has 0 radical (unpaired) electrons. The van der Waals surface area contributed by atoms with E-state index in [4.69, 9.17) is 0 Å².